The summed E-state index contributed by atoms with van der Waals surface area (Å²) in [5, 5.41) is 13.8. The van der Waals surface area contributed by atoms with E-state index in [2.05, 4.69) is 31.7 Å². The molecule has 0 saturated heterocycles. The zero-order chi connectivity index (χ0) is 13.8. The second kappa shape index (κ2) is 5.63. The molecule has 98 valence electrons. The molecular formula is C11H10BrN5O2. The first-order valence-electron chi connectivity index (χ1n) is 5.24. The van der Waals surface area contributed by atoms with Crippen LogP contribution in [-0.2, 0) is 0 Å². The van der Waals surface area contributed by atoms with Crippen LogP contribution < -0.4 is 16.6 Å². The van der Waals surface area contributed by atoms with Gasteiger partial charge >= 0.3 is 0 Å². The first kappa shape index (κ1) is 13.2. The molecule has 0 spiro atoms. The number of nitro groups is 1. The minimum Gasteiger partial charge on any atom is -0.340 e. The van der Waals surface area contributed by atoms with Gasteiger partial charge in [0.05, 0.1) is 17.1 Å². The number of anilines is 3. The van der Waals surface area contributed by atoms with E-state index in [4.69, 9.17) is 5.84 Å². The Kier molecular flexibility index (Phi) is 3.93. The lowest BCUT2D eigenvalue weighted by atomic mass is 10.3. The summed E-state index contributed by atoms with van der Waals surface area (Å²) in [6.45, 7) is 0. The Bertz CT molecular complexity index is 620. The van der Waals surface area contributed by atoms with E-state index in [1.54, 1.807) is 0 Å². The highest BCUT2D eigenvalue weighted by Crippen LogP contribution is 2.24. The summed E-state index contributed by atoms with van der Waals surface area (Å²) >= 11 is 3.34. The van der Waals surface area contributed by atoms with E-state index < -0.39 is 4.92 Å². The Morgan fingerprint density at radius 3 is 2.63 bits per heavy atom. The van der Waals surface area contributed by atoms with Crippen molar-refractivity contribution in [1.82, 2.24) is 4.98 Å². The number of hydrogen-bond acceptors (Lipinski definition) is 6. The Morgan fingerprint density at radius 2 is 2.00 bits per heavy atom. The fourth-order valence-electron chi connectivity index (χ4n) is 1.47. The maximum absolute atomic E-state index is 10.8. The molecule has 4 N–H and O–H groups in total. The summed E-state index contributed by atoms with van der Waals surface area (Å²) in [5.41, 5.74) is 2.95. The van der Waals surface area contributed by atoms with Gasteiger partial charge in [-0.15, -0.1) is 0 Å². The number of nitrogen functional groups attached to an aromatic ring is 1. The molecule has 0 aliphatic heterocycles. The van der Waals surface area contributed by atoms with E-state index in [0.29, 0.717) is 5.82 Å². The molecule has 0 aliphatic carbocycles. The summed E-state index contributed by atoms with van der Waals surface area (Å²) in [6.07, 6.45) is 0. The summed E-state index contributed by atoms with van der Waals surface area (Å²) in [7, 11) is 0. The molecule has 1 heterocycles. The molecule has 0 amide bonds. The molecule has 0 fully saturated rings. The minimum atomic E-state index is -0.505. The van der Waals surface area contributed by atoms with Crippen LogP contribution in [0.15, 0.2) is 40.9 Å². The average Bonchev–Trinajstić information content (AvgIpc) is 2.38. The van der Waals surface area contributed by atoms with Crippen LogP contribution in [0, 0.1) is 10.1 Å². The van der Waals surface area contributed by atoms with Gasteiger partial charge in [0, 0.05) is 10.2 Å². The van der Waals surface area contributed by atoms with Crippen LogP contribution in [0.1, 0.15) is 0 Å². The van der Waals surface area contributed by atoms with Gasteiger partial charge in [-0.1, -0.05) is 22.0 Å². The second-order valence-corrected chi connectivity index (χ2v) is 4.55. The number of benzene rings is 1. The summed E-state index contributed by atoms with van der Waals surface area (Å²) in [4.78, 5) is 14.4. The predicted octanol–water partition coefficient (Wildman–Crippen LogP) is 2.78. The standard InChI is InChI=1S/C11H10BrN5O2/c12-7-2-1-3-8(4-7)14-10-5-9(17(18)19)6-11(15-10)16-13/h1-6H,13H2,(H2,14,15,16). The van der Waals surface area contributed by atoms with Gasteiger partial charge in [0.2, 0.25) is 0 Å². The molecule has 2 rings (SSSR count). The number of hydrogen-bond donors (Lipinski definition) is 3. The van der Waals surface area contributed by atoms with Gasteiger partial charge in [-0.25, -0.2) is 10.8 Å². The Balaban J connectivity index is 2.34. The van der Waals surface area contributed by atoms with Gasteiger partial charge in [0.1, 0.15) is 11.6 Å². The van der Waals surface area contributed by atoms with Crippen molar-refractivity contribution in [3.8, 4) is 0 Å². The number of nitrogens with one attached hydrogen (secondary N) is 2. The SMILES string of the molecule is NNc1cc([N+](=O)[O-])cc(Nc2cccc(Br)c2)n1. The van der Waals surface area contributed by atoms with Crippen molar-refractivity contribution in [2.45, 2.75) is 0 Å². The lowest BCUT2D eigenvalue weighted by molar-refractivity contribution is -0.384. The molecule has 8 heteroatoms. The molecule has 0 unspecified atom stereocenters. The number of aromatic nitrogens is 1. The molecule has 0 radical (unpaired) electrons. The average molecular weight is 324 g/mol. The van der Waals surface area contributed by atoms with Crippen LogP contribution in [0.2, 0.25) is 0 Å². The third-order valence-corrected chi connectivity index (χ3v) is 2.76. The summed E-state index contributed by atoms with van der Waals surface area (Å²) in [5.74, 6) is 5.78. The van der Waals surface area contributed by atoms with Crippen molar-refractivity contribution in [3.05, 3.63) is 51.0 Å². The quantitative estimate of drug-likeness (QED) is 0.454. The largest absolute Gasteiger partial charge is 0.340 e. The fourth-order valence-corrected chi connectivity index (χ4v) is 1.87. The maximum Gasteiger partial charge on any atom is 0.276 e. The second-order valence-electron chi connectivity index (χ2n) is 3.63. The van der Waals surface area contributed by atoms with Crippen LogP contribution in [0.3, 0.4) is 0 Å². The highest BCUT2D eigenvalue weighted by atomic mass is 79.9. The van der Waals surface area contributed by atoms with Crippen molar-refractivity contribution in [1.29, 1.82) is 0 Å². The molecule has 7 nitrogen and oxygen atoms in total. The zero-order valence-electron chi connectivity index (χ0n) is 9.63. The van der Waals surface area contributed by atoms with Crippen molar-refractivity contribution in [2.24, 2.45) is 5.84 Å². The van der Waals surface area contributed by atoms with Crippen molar-refractivity contribution in [3.63, 3.8) is 0 Å². The lowest BCUT2D eigenvalue weighted by Gasteiger charge is -2.07. The van der Waals surface area contributed by atoms with E-state index in [1.807, 2.05) is 24.3 Å². The van der Waals surface area contributed by atoms with Gasteiger partial charge in [0.25, 0.3) is 5.69 Å². The first-order chi connectivity index (χ1) is 9.08. The van der Waals surface area contributed by atoms with E-state index in [1.165, 1.54) is 12.1 Å². The van der Waals surface area contributed by atoms with Crippen molar-refractivity contribution in [2.75, 3.05) is 10.7 Å². The van der Waals surface area contributed by atoms with Crippen molar-refractivity contribution < 1.29 is 4.92 Å². The van der Waals surface area contributed by atoms with E-state index in [-0.39, 0.29) is 11.5 Å². The van der Waals surface area contributed by atoms with Gasteiger partial charge in [-0.05, 0) is 18.2 Å². The van der Waals surface area contributed by atoms with Crippen LogP contribution in [0.25, 0.3) is 0 Å². The van der Waals surface area contributed by atoms with Crippen LogP contribution >= 0.6 is 15.9 Å². The number of pyridine rings is 1. The Labute approximate surface area is 117 Å². The molecule has 0 aliphatic rings. The van der Waals surface area contributed by atoms with E-state index >= 15 is 0 Å². The number of nitrogens with zero attached hydrogens (tertiary/aromatic N) is 2. The smallest absolute Gasteiger partial charge is 0.276 e. The van der Waals surface area contributed by atoms with Gasteiger partial charge in [-0.3, -0.25) is 10.1 Å². The zero-order valence-corrected chi connectivity index (χ0v) is 11.2. The molecule has 1 aromatic carbocycles. The lowest BCUT2D eigenvalue weighted by Crippen LogP contribution is -2.10. The van der Waals surface area contributed by atoms with E-state index in [0.717, 1.165) is 10.2 Å². The van der Waals surface area contributed by atoms with Gasteiger partial charge < -0.3 is 10.7 Å². The summed E-state index contributed by atoms with van der Waals surface area (Å²) in [6, 6.07) is 9.95. The highest BCUT2D eigenvalue weighted by Gasteiger charge is 2.11. The normalized spacial score (nSPS) is 10.0. The number of rotatable bonds is 4. The van der Waals surface area contributed by atoms with Crippen molar-refractivity contribution >= 4 is 38.9 Å². The third kappa shape index (κ3) is 3.39. The predicted molar refractivity (Wildman–Crippen MR) is 76.1 cm³/mol. The Morgan fingerprint density at radius 1 is 1.26 bits per heavy atom. The Hall–Kier alpha value is -2.19. The highest BCUT2D eigenvalue weighted by molar-refractivity contribution is 9.10. The van der Waals surface area contributed by atoms with E-state index in [9.17, 15) is 10.1 Å². The maximum atomic E-state index is 10.8. The minimum absolute atomic E-state index is 0.0968. The molecule has 2 aromatic rings. The fraction of sp³-hybridized carbons (Fsp3) is 0. The molecule has 0 saturated carbocycles. The molecule has 0 bridgehead atoms. The van der Waals surface area contributed by atoms with Crippen LogP contribution in [-0.4, -0.2) is 9.91 Å². The van der Waals surface area contributed by atoms with Crippen LogP contribution in [0.5, 0.6) is 0 Å². The number of halogens is 1. The van der Waals surface area contributed by atoms with Gasteiger partial charge in [0.15, 0.2) is 0 Å². The van der Waals surface area contributed by atoms with Gasteiger partial charge in [-0.2, -0.15) is 0 Å². The molecule has 0 atom stereocenters. The molecular weight excluding hydrogens is 314 g/mol. The topological polar surface area (TPSA) is 106 Å². The monoisotopic (exact) mass is 323 g/mol. The van der Waals surface area contributed by atoms with Crippen LogP contribution in [0.4, 0.5) is 23.0 Å². The molecule has 1 aromatic heterocycles. The first-order valence-corrected chi connectivity index (χ1v) is 6.03. The third-order valence-electron chi connectivity index (χ3n) is 2.27. The molecule has 19 heavy (non-hydrogen) atoms. The summed E-state index contributed by atoms with van der Waals surface area (Å²) < 4.78 is 0.889. The number of nitrogens with two attached hydrogens (primary N) is 1. The number of hydrazine groups is 1.